The molecule has 1 fully saturated rings. The van der Waals surface area contributed by atoms with E-state index in [1.54, 1.807) is 6.33 Å². The quantitative estimate of drug-likeness (QED) is 0.0785. The number of hydrogen-bond donors (Lipinski definition) is 0. The Morgan fingerprint density at radius 3 is 0.920 bits per heavy atom. The molecule has 0 unspecified atom stereocenters. The van der Waals surface area contributed by atoms with E-state index >= 15 is 0 Å². The van der Waals surface area contributed by atoms with Gasteiger partial charge in [0.2, 0.25) is 0 Å². The lowest BCUT2D eigenvalue weighted by atomic mass is 10.1. The fourth-order valence-corrected chi connectivity index (χ4v) is 15.1. The first kappa shape index (κ1) is 74.3. The Kier molecular flexibility index (Phi) is 22.5. The Hall–Kier alpha value is -12.9. The van der Waals surface area contributed by atoms with Gasteiger partial charge in [0.25, 0.3) is 0 Å². The van der Waals surface area contributed by atoms with Crippen LogP contribution in [0.5, 0.6) is 0 Å². The summed E-state index contributed by atoms with van der Waals surface area (Å²) in [6, 6.07) is 83.8. The summed E-state index contributed by atoms with van der Waals surface area (Å²) >= 11 is 27.5. The fourth-order valence-electron chi connectivity index (χ4n) is 13.9. The number of aryl methyl sites for hydroxylation is 4. The summed E-state index contributed by atoms with van der Waals surface area (Å²) in [5.41, 5.74) is 18.7. The standard InChI is InChI=1S/C24H22ClN5.C23H18ClN5.C22H17ClN6.C20H17ClN4/c1-17-9-8-14-29(17)15-16-30-24-20(22(28-30)18-10-4-2-5-11-18)21(25)23(26-27-24)19-12-6-3-7-13-19;24-20-19-21(17-9-3-1-4-10-17)27-29(16-15-28-13-7-8-14-28)23(19)26-25-22(20)18-11-5-2-6-12-18;1-28-14-24-12-17(28)13-29-22-18(20(27-29)15-8-4-2-5-9-15)19(23)21(25-26-22)16-10-6-3-7-11-16;1-2-13-25-20-16(18(24-25)14-9-5-3-6-10-14)17(21)19(22-23-20)15-11-7-4-8-12-15/h2-7,10-13H,1,8-9,14-16H2;1-14H,15-16H2;2-12,14H,13H2,1H3;3-12H,2,13H2,1H3. The average Bonchev–Trinajstić information content (AvgIpc) is 1.64. The Labute approximate surface area is 671 Å². The fraction of sp³-hybridized carbons (Fsp3) is 0.135. The van der Waals surface area contributed by atoms with Crippen LogP contribution in [-0.4, -0.2) is 112 Å². The van der Waals surface area contributed by atoms with E-state index in [0.29, 0.717) is 79.4 Å². The molecule has 1 aliphatic heterocycles. The number of halogens is 4. The van der Waals surface area contributed by atoms with Gasteiger partial charge < -0.3 is 14.0 Å². The minimum Gasteiger partial charge on any atom is -0.373 e. The second-order valence-electron chi connectivity index (χ2n) is 27.0. The molecule has 1 saturated heterocycles. The maximum atomic E-state index is 6.91. The molecule has 0 radical (unpaired) electrons. The van der Waals surface area contributed by atoms with Crippen molar-refractivity contribution < 1.29 is 0 Å². The number of aromatic nitrogens is 19. The van der Waals surface area contributed by atoms with E-state index in [4.69, 9.17) is 66.8 Å². The Morgan fingerprint density at radius 2 is 0.628 bits per heavy atom. The van der Waals surface area contributed by atoms with Gasteiger partial charge in [0, 0.05) is 95.8 Å². The average molecular weight is 1570 g/mol. The van der Waals surface area contributed by atoms with Crippen LogP contribution in [0.15, 0.2) is 292 Å². The zero-order valence-corrected chi connectivity index (χ0v) is 64.8. The first-order chi connectivity index (χ1) is 55.5. The molecule has 0 spiro atoms. The normalized spacial score (nSPS) is 11.9. The van der Waals surface area contributed by atoms with Crippen molar-refractivity contribution in [2.45, 2.75) is 58.9 Å². The summed E-state index contributed by atoms with van der Waals surface area (Å²) in [7, 11) is 1.96. The smallest absolute Gasteiger partial charge is 0.182 e. The highest BCUT2D eigenvalue weighted by atomic mass is 35.5. The number of likely N-dealkylation sites (tertiary alicyclic amines) is 1. The van der Waals surface area contributed by atoms with E-state index in [2.05, 4.69) is 68.7 Å². The van der Waals surface area contributed by atoms with E-state index in [9.17, 15) is 0 Å². The zero-order valence-electron chi connectivity index (χ0n) is 61.8. The molecule has 113 heavy (non-hydrogen) atoms. The number of benzene rings is 8. The van der Waals surface area contributed by atoms with Gasteiger partial charge in [-0.05, 0) is 31.4 Å². The highest BCUT2D eigenvalue weighted by Gasteiger charge is 2.27. The van der Waals surface area contributed by atoms with Gasteiger partial charge in [0.15, 0.2) is 22.6 Å². The van der Waals surface area contributed by atoms with E-state index in [1.807, 2.05) is 304 Å². The van der Waals surface area contributed by atoms with Gasteiger partial charge in [-0.1, -0.05) is 303 Å². The minimum absolute atomic E-state index is 0.523. The third-order valence-electron chi connectivity index (χ3n) is 19.6. The molecule has 0 bridgehead atoms. The van der Waals surface area contributed by atoms with Gasteiger partial charge in [0.05, 0.1) is 79.5 Å². The van der Waals surface area contributed by atoms with Crippen LogP contribution < -0.4 is 0 Å². The molecule has 11 heterocycles. The third kappa shape index (κ3) is 15.8. The molecular weight excluding hydrogens is 1490 g/mol. The summed E-state index contributed by atoms with van der Waals surface area (Å²) in [6.45, 7) is 11.7. The van der Waals surface area contributed by atoms with Crippen molar-refractivity contribution in [1.29, 1.82) is 0 Å². The highest BCUT2D eigenvalue weighted by molar-refractivity contribution is 6.40. The van der Waals surface area contributed by atoms with Crippen LogP contribution >= 0.6 is 46.4 Å². The zero-order chi connectivity index (χ0) is 77.2. The molecule has 1 aliphatic rings. The minimum atomic E-state index is 0.523. The number of hydrogen-bond acceptors (Lipinski definition) is 14. The lowest BCUT2D eigenvalue weighted by molar-refractivity contribution is 0.365. The lowest BCUT2D eigenvalue weighted by Crippen LogP contribution is -2.23. The molecule has 8 aromatic carbocycles. The van der Waals surface area contributed by atoms with Crippen LogP contribution in [0.25, 0.3) is 134 Å². The van der Waals surface area contributed by atoms with E-state index < -0.39 is 0 Å². The van der Waals surface area contributed by atoms with Crippen LogP contribution in [0.1, 0.15) is 31.9 Å². The van der Waals surface area contributed by atoms with Crippen LogP contribution in [0.3, 0.4) is 0 Å². The maximum Gasteiger partial charge on any atom is 0.182 e. The van der Waals surface area contributed by atoms with Crippen molar-refractivity contribution in [1.82, 2.24) is 98.9 Å². The molecule has 0 amide bonds. The van der Waals surface area contributed by atoms with Gasteiger partial charge in [0.1, 0.15) is 45.6 Å². The third-order valence-corrected chi connectivity index (χ3v) is 21.1. The SMILES string of the molecule is C=C1CCCN1CCn1nc(-c2ccccc2)c2c(Cl)c(-c3ccccc3)nnc21.CCCn1nc(-c2ccccc2)c2c(Cl)c(-c3ccccc3)nnc21.Clc1c(-c2ccccc2)nnc2c1c(-c1ccccc1)nn2CCn1cccc1.Cn1cncc1Cn1nc(-c2ccccc2)c2c(Cl)c(-c3ccccc3)nnc21. The highest BCUT2D eigenvalue weighted by Crippen LogP contribution is 2.42. The first-order valence-corrected chi connectivity index (χ1v) is 38.7. The molecule has 18 aromatic rings. The van der Waals surface area contributed by atoms with Crippen molar-refractivity contribution in [2.24, 2.45) is 7.05 Å². The molecule has 558 valence electrons. The summed E-state index contributed by atoms with van der Waals surface area (Å²) < 4.78 is 11.6. The van der Waals surface area contributed by atoms with Crippen molar-refractivity contribution in [2.75, 3.05) is 13.1 Å². The topological polar surface area (TPSA) is 200 Å². The molecule has 0 atom stereocenters. The van der Waals surface area contributed by atoms with Crippen molar-refractivity contribution in [3.8, 4) is 90.1 Å². The maximum absolute atomic E-state index is 6.91. The summed E-state index contributed by atoms with van der Waals surface area (Å²) in [4.78, 5) is 6.52. The predicted molar refractivity (Wildman–Crippen MR) is 452 cm³/mol. The van der Waals surface area contributed by atoms with Gasteiger partial charge in [-0.25, -0.2) is 23.7 Å². The van der Waals surface area contributed by atoms with Crippen LogP contribution in [0, 0.1) is 0 Å². The lowest BCUT2D eigenvalue weighted by Gasteiger charge is -2.18. The number of fused-ring (bicyclic) bond motifs is 4. The Bertz CT molecular complexity index is 6280. The number of allylic oxidation sites excluding steroid dienone is 1. The second-order valence-corrected chi connectivity index (χ2v) is 28.5. The van der Waals surface area contributed by atoms with Gasteiger partial charge in [-0.2, -0.15) is 20.4 Å². The van der Waals surface area contributed by atoms with E-state index in [-0.39, 0.29) is 0 Å². The van der Waals surface area contributed by atoms with Gasteiger partial charge in [-0.3, -0.25) is 0 Å². The molecule has 0 aliphatic carbocycles. The molecule has 19 rings (SSSR count). The van der Waals surface area contributed by atoms with Crippen molar-refractivity contribution >= 4 is 90.5 Å². The summed E-state index contributed by atoms with van der Waals surface area (Å²) in [5.74, 6) is 0. The van der Waals surface area contributed by atoms with Gasteiger partial charge in [-0.15, -0.1) is 40.8 Å². The number of rotatable bonds is 18. The molecule has 24 heteroatoms. The van der Waals surface area contributed by atoms with Crippen LogP contribution in [-0.2, 0) is 39.8 Å². The molecule has 20 nitrogen and oxygen atoms in total. The van der Waals surface area contributed by atoms with Crippen molar-refractivity contribution in [3.63, 3.8) is 0 Å². The van der Waals surface area contributed by atoms with Crippen LogP contribution in [0.2, 0.25) is 20.1 Å². The van der Waals surface area contributed by atoms with E-state index in [1.165, 1.54) is 12.1 Å². The van der Waals surface area contributed by atoms with E-state index in [0.717, 1.165) is 139 Å². The molecular formula is C89H74Cl4N20. The van der Waals surface area contributed by atoms with Gasteiger partial charge >= 0.3 is 0 Å². The second kappa shape index (κ2) is 34.2. The van der Waals surface area contributed by atoms with Crippen molar-refractivity contribution in [3.05, 3.63) is 318 Å². The Balaban J connectivity index is 0.000000114. The largest absolute Gasteiger partial charge is 0.373 e. The number of imidazole rings is 1. The molecule has 0 saturated carbocycles. The summed E-state index contributed by atoms with van der Waals surface area (Å²) in [5, 5.41) is 60.8. The molecule has 0 N–H and O–H groups in total. The van der Waals surface area contributed by atoms with Crippen LogP contribution in [0.4, 0.5) is 0 Å². The monoisotopic (exact) mass is 1560 g/mol. The molecule has 10 aromatic heterocycles. The number of nitrogens with zero attached hydrogens (tertiary/aromatic N) is 20. The predicted octanol–water partition coefficient (Wildman–Crippen LogP) is 20.6. The first-order valence-electron chi connectivity index (χ1n) is 37.2. The summed E-state index contributed by atoms with van der Waals surface area (Å²) in [6.07, 6.45) is 10.9. The Morgan fingerprint density at radius 1 is 0.336 bits per heavy atom.